The first-order chi connectivity index (χ1) is 3.29. The summed E-state index contributed by atoms with van der Waals surface area (Å²) in [5, 5.41) is 0. The molecule has 0 aliphatic heterocycles. The van der Waals surface area contributed by atoms with Gasteiger partial charge in [0.15, 0.2) is 0 Å². The zero-order valence-corrected chi connectivity index (χ0v) is 5.76. The van der Waals surface area contributed by atoms with Crippen molar-refractivity contribution in [1.82, 2.24) is 4.57 Å². The van der Waals surface area contributed by atoms with Gasteiger partial charge in [0, 0.05) is 0 Å². The molecule has 0 aromatic carbocycles. The molecular formula is C5H9ClN2+2. The molecule has 1 aromatic rings. The summed E-state index contributed by atoms with van der Waals surface area (Å²) in [7, 11) is 4.00. The molecule has 0 fully saturated rings. The average Bonchev–Trinajstić information content (AvgIpc) is 1.87. The first-order valence-electron chi connectivity index (χ1n) is 2.26. The molecule has 1 rings (SSSR count). The lowest BCUT2D eigenvalue weighted by atomic mass is 10.9. The van der Waals surface area contributed by atoms with Gasteiger partial charge in [-0.3, -0.25) is 0 Å². The van der Waals surface area contributed by atoms with E-state index in [1.807, 2.05) is 42.0 Å². The number of hydrogen-bond donors (Lipinski definition) is 0. The Morgan fingerprint density at radius 2 is 2.12 bits per heavy atom. The molecule has 0 N–H and O–H groups in total. The summed E-state index contributed by atoms with van der Waals surface area (Å²) in [6, 6.07) is 0. The highest BCUT2D eigenvalue weighted by molar-refractivity contribution is 4.60. The fourth-order valence-electron chi connectivity index (χ4n) is 0.575. The Bertz CT molecular complexity index is 143. The van der Waals surface area contributed by atoms with E-state index in [1.54, 1.807) is 0 Å². The van der Waals surface area contributed by atoms with E-state index in [9.17, 15) is 0 Å². The molecule has 0 aliphatic rings. The van der Waals surface area contributed by atoms with Gasteiger partial charge in [-0.15, -0.1) is 0 Å². The fourth-order valence-corrected chi connectivity index (χ4v) is 0.575. The predicted octanol–water partition coefficient (Wildman–Crippen LogP) is -0.150. The molecule has 0 aliphatic carbocycles. The van der Waals surface area contributed by atoms with Crippen LogP contribution in [-0.4, -0.2) is 4.57 Å². The van der Waals surface area contributed by atoms with Crippen molar-refractivity contribution in [2.75, 3.05) is 0 Å². The number of nitrogens with zero attached hydrogens (tertiary/aromatic N) is 2. The van der Waals surface area contributed by atoms with Gasteiger partial charge in [0.1, 0.15) is 12.4 Å². The molecule has 44 valence electrons. The van der Waals surface area contributed by atoms with Crippen molar-refractivity contribution < 1.29 is 17.0 Å². The molecule has 0 unspecified atom stereocenters. The van der Waals surface area contributed by atoms with E-state index in [4.69, 9.17) is 0 Å². The minimum Gasteiger partial charge on any atom is -0.240 e. The largest absolute Gasteiger partial charge is 1.00 e. The summed E-state index contributed by atoms with van der Waals surface area (Å²) in [6.45, 7) is 0. The van der Waals surface area contributed by atoms with Gasteiger partial charge in [-0.25, -0.2) is 9.13 Å². The van der Waals surface area contributed by atoms with Gasteiger partial charge in [-0.05, 0) is 0 Å². The minimum atomic E-state index is 0. The molecule has 8 heavy (non-hydrogen) atoms. The lowest BCUT2D eigenvalue weighted by molar-refractivity contribution is -0.670. The third kappa shape index (κ3) is 1.54. The van der Waals surface area contributed by atoms with Crippen molar-refractivity contribution in [3.8, 4) is 0 Å². The molecule has 0 spiro atoms. The number of halogens is 1. The van der Waals surface area contributed by atoms with E-state index in [2.05, 4.69) is 0 Å². The Balaban J connectivity index is 0.000000490. The number of aromatic nitrogens is 2. The van der Waals surface area contributed by atoms with Crippen LogP contribution < -0.4 is 4.57 Å². The minimum absolute atomic E-state index is 0. The van der Waals surface area contributed by atoms with Crippen molar-refractivity contribution >= 4 is 0 Å². The lowest BCUT2D eigenvalue weighted by Crippen LogP contribution is -2.23. The van der Waals surface area contributed by atoms with Gasteiger partial charge in [0.25, 0.3) is 0 Å². The van der Waals surface area contributed by atoms with Gasteiger partial charge in [0.05, 0.1) is 14.1 Å². The van der Waals surface area contributed by atoms with Crippen LogP contribution in [0, 0.1) is 12.4 Å². The second-order valence-electron chi connectivity index (χ2n) is 1.74. The van der Waals surface area contributed by atoms with Crippen LogP contribution >= 0.6 is 0 Å². The van der Waals surface area contributed by atoms with Crippen LogP contribution in [-0.2, 0) is 14.1 Å². The molecule has 0 atom stereocenters. The topological polar surface area (TPSA) is 8.81 Å². The Labute approximate surface area is 55.2 Å². The molecule has 2 nitrogen and oxygen atoms in total. The van der Waals surface area contributed by atoms with Crippen LogP contribution in [0.5, 0.6) is 0 Å². The first kappa shape index (κ1) is 7.50. The number of aryl methyl sites for hydroxylation is 2. The van der Waals surface area contributed by atoms with E-state index >= 15 is 0 Å². The zero-order valence-electron chi connectivity index (χ0n) is 5.00. The van der Waals surface area contributed by atoms with E-state index in [1.165, 1.54) is 0 Å². The smallest absolute Gasteiger partial charge is 0.240 e. The Hall–Kier alpha value is -0.500. The normalized spacial score (nSPS) is 8.25. The summed E-state index contributed by atoms with van der Waals surface area (Å²) < 4.78 is 4.00. The fraction of sp³-hybridized carbons (Fsp3) is 0.400. The third-order valence-electron chi connectivity index (χ3n) is 0.901. The van der Waals surface area contributed by atoms with Gasteiger partial charge < -0.3 is 0 Å². The summed E-state index contributed by atoms with van der Waals surface area (Å²) in [4.78, 5) is 0. The molecule has 1 heterocycles. The van der Waals surface area contributed by atoms with E-state index in [-0.39, 0.29) is 12.4 Å². The van der Waals surface area contributed by atoms with Crippen LogP contribution in [0.25, 0.3) is 0 Å². The highest BCUT2D eigenvalue weighted by Gasteiger charge is 1.87. The monoisotopic (exact) mass is 132 g/mol. The Morgan fingerprint density at radius 1 is 1.50 bits per heavy atom. The van der Waals surface area contributed by atoms with Gasteiger partial charge in [-0.2, -0.15) is 0 Å². The summed E-state index contributed by atoms with van der Waals surface area (Å²) >= 11 is 0. The van der Waals surface area contributed by atoms with Crippen LogP contribution in [0.4, 0.5) is 0 Å². The van der Waals surface area contributed by atoms with Crippen molar-refractivity contribution in [2.45, 2.75) is 0 Å². The molecule has 1 aromatic heterocycles. The summed E-state index contributed by atoms with van der Waals surface area (Å²) in [6.07, 6.45) is 6.00. The molecule has 0 saturated carbocycles. The molecule has 3 heteroatoms. The average molecular weight is 133 g/mol. The van der Waals surface area contributed by atoms with Crippen LogP contribution in [0.3, 0.4) is 0 Å². The second-order valence-corrected chi connectivity index (χ2v) is 1.74. The summed E-state index contributed by atoms with van der Waals surface area (Å²) in [5.41, 5.74) is 0. The van der Waals surface area contributed by atoms with E-state index < -0.39 is 0 Å². The van der Waals surface area contributed by atoms with Gasteiger partial charge in [0.2, 0.25) is 6.33 Å². The maximum absolute atomic E-state index is 2.00. The van der Waals surface area contributed by atoms with Crippen LogP contribution in [0.1, 0.15) is 0 Å². The van der Waals surface area contributed by atoms with Crippen LogP contribution in [0.15, 0.2) is 18.7 Å². The third-order valence-corrected chi connectivity index (χ3v) is 0.901. The van der Waals surface area contributed by atoms with Gasteiger partial charge in [-0.1, -0.05) is 0 Å². The molecule has 2 radical (unpaired) electrons. The number of rotatable bonds is 0. The van der Waals surface area contributed by atoms with Crippen molar-refractivity contribution in [1.29, 1.82) is 0 Å². The number of hydrogen-bond acceptors (Lipinski definition) is 0. The highest BCUT2D eigenvalue weighted by Crippen LogP contribution is 1.70. The maximum atomic E-state index is 2.00. The second kappa shape index (κ2) is 2.72. The lowest BCUT2D eigenvalue weighted by Gasteiger charge is -1.72. The van der Waals surface area contributed by atoms with Crippen molar-refractivity contribution in [2.24, 2.45) is 14.1 Å². The Kier molecular flexibility index (Phi) is 2.55. The first-order valence-corrected chi connectivity index (χ1v) is 2.26. The van der Waals surface area contributed by atoms with E-state index in [0.29, 0.717) is 0 Å². The SMILES string of the molecule is Cn1cc[n+](C)c1.[Cl+]. The predicted molar refractivity (Wildman–Crippen MR) is 26.6 cm³/mol. The molecule has 0 bridgehead atoms. The molecule has 0 amide bonds. The quantitative estimate of drug-likeness (QED) is 0.434. The number of imidazole rings is 1. The van der Waals surface area contributed by atoms with Crippen molar-refractivity contribution in [3.63, 3.8) is 0 Å². The van der Waals surface area contributed by atoms with E-state index in [0.717, 1.165) is 0 Å². The Morgan fingerprint density at radius 3 is 2.25 bits per heavy atom. The van der Waals surface area contributed by atoms with Gasteiger partial charge >= 0.3 is 12.4 Å². The molecular weight excluding hydrogens is 124 g/mol. The standard InChI is InChI=1S/C5H9N2.Cl/c1-6-3-4-7(2)5-6;/h3-5H,1-2H3;/q2*+1. The zero-order chi connectivity index (χ0) is 5.28. The maximum Gasteiger partial charge on any atom is 1.00 e. The molecule has 0 saturated heterocycles. The summed E-state index contributed by atoms with van der Waals surface area (Å²) in [5.74, 6) is 0. The van der Waals surface area contributed by atoms with Crippen molar-refractivity contribution in [3.05, 3.63) is 18.7 Å². The highest BCUT2D eigenvalue weighted by atomic mass is 35.5. The van der Waals surface area contributed by atoms with Crippen LogP contribution in [0.2, 0.25) is 0 Å².